The van der Waals surface area contributed by atoms with Gasteiger partial charge in [-0.1, -0.05) is 48.5 Å². The van der Waals surface area contributed by atoms with Gasteiger partial charge in [-0.3, -0.25) is 0 Å². The third-order valence-electron chi connectivity index (χ3n) is 3.07. The predicted molar refractivity (Wildman–Crippen MR) is 91.5 cm³/mol. The molecular formula is C19H15O2P. The Balaban J connectivity index is 1.95. The van der Waals surface area contributed by atoms with Crippen molar-refractivity contribution in [3.05, 3.63) is 90.6 Å². The zero-order valence-corrected chi connectivity index (χ0v) is 13.1. The third kappa shape index (κ3) is 3.47. The molecule has 2 nitrogen and oxygen atoms in total. The Morgan fingerprint density at radius 2 is 1.23 bits per heavy atom. The Morgan fingerprint density at radius 1 is 0.636 bits per heavy atom. The van der Waals surface area contributed by atoms with Gasteiger partial charge in [0.1, 0.15) is 11.5 Å². The molecule has 0 heterocycles. The van der Waals surface area contributed by atoms with Gasteiger partial charge in [-0.25, -0.2) is 0 Å². The molecule has 0 aromatic heterocycles. The molecule has 0 bridgehead atoms. The minimum absolute atomic E-state index is 0.646. The smallest absolute Gasteiger partial charge is 0.174 e. The average Bonchev–Trinajstić information content (AvgIpc) is 2.58. The van der Waals surface area contributed by atoms with Crippen molar-refractivity contribution in [1.29, 1.82) is 0 Å². The van der Waals surface area contributed by atoms with Gasteiger partial charge in [0.25, 0.3) is 0 Å². The molecule has 3 aromatic carbocycles. The van der Waals surface area contributed by atoms with Crippen LogP contribution in [0.25, 0.3) is 0 Å². The van der Waals surface area contributed by atoms with E-state index in [4.69, 9.17) is 9.47 Å². The quantitative estimate of drug-likeness (QED) is 0.577. The van der Waals surface area contributed by atoms with Crippen LogP contribution in [0.5, 0.6) is 23.0 Å². The Hall–Kier alpha value is -2.31. The summed E-state index contributed by atoms with van der Waals surface area (Å²) in [6.45, 7) is 0. The fourth-order valence-corrected chi connectivity index (χ4v) is 2.26. The Bertz CT molecular complexity index is 727. The summed E-state index contributed by atoms with van der Waals surface area (Å²) in [5.74, 6) is 2.82. The highest BCUT2D eigenvalue weighted by Crippen LogP contribution is 2.39. The fourth-order valence-electron chi connectivity index (χ4n) is 2.04. The fraction of sp³-hybridized carbons (Fsp3) is 0. The molecule has 108 valence electrons. The van der Waals surface area contributed by atoms with Gasteiger partial charge in [0.05, 0.1) is 0 Å². The van der Waals surface area contributed by atoms with Crippen molar-refractivity contribution in [2.45, 2.75) is 0 Å². The number of benzene rings is 3. The van der Waals surface area contributed by atoms with Crippen LogP contribution in [0.1, 0.15) is 5.56 Å². The topological polar surface area (TPSA) is 18.5 Å². The molecule has 0 amide bonds. The monoisotopic (exact) mass is 306 g/mol. The SMILES string of the molecule is P[C]c1cccc(Oc2ccccc2)c1Oc1ccccc1. The number of hydrogen-bond acceptors (Lipinski definition) is 2. The van der Waals surface area contributed by atoms with Crippen molar-refractivity contribution in [3.63, 3.8) is 0 Å². The summed E-state index contributed by atoms with van der Waals surface area (Å²) in [6.07, 6.45) is 3.05. The highest BCUT2D eigenvalue weighted by Gasteiger charge is 2.12. The summed E-state index contributed by atoms with van der Waals surface area (Å²) in [5.41, 5.74) is 0.835. The van der Waals surface area contributed by atoms with Gasteiger partial charge >= 0.3 is 0 Å². The number of rotatable bonds is 5. The van der Waals surface area contributed by atoms with Gasteiger partial charge < -0.3 is 9.47 Å². The second-order valence-corrected chi connectivity index (χ2v) is 4.90. The van der Waals surface area contributed by atoms with Gasteiger partial charge in [-0.05, 0) is 30.3 Å². The lowest BCUT2D eigenvalue weighted by Crippen LogP contribution is -1.93. The van der Waals surface area contributed by atoms with Gasteiger partial charge in [0.15, 0.2) is 11.5 Å². The summed E-state index contributed by atoms with van der Waals surface area (Å²) in [4.78, 5) is 0. The molecule has 2 radical (unpaired) electrons. The van der Waals surface area contributed by atoms with Crippen molar-refractivity contribution in [2.24, 2.45) is 0 Å². The molecule has 0 N–H and O–H groups in total. The lowest BCUT2D eigenvalue weighted by Gasteiger charge is -2.15. The van der Waals surface area contributed by atoms with Gasteiger partial charge in [-0.15, -0.1) is 9.24 Å². The summed E-state index contributed by atoms with van der Waals surface area (Å²) in [6, 6.07) is 25.0. The van der Waals surface area contributed by atoms with Crippen molar-refractivity contribution in [3.8, 4) is 23.0 Å². The first-order valence-corrected chi connectivity index (χ1v) is 7.50. The molecule has 1 atom stereocenters. The molecule has 22 heavy (non-hydrogen) atoms. The van der Waals surface area contributed by atoms with Crippen molar-refractivity contribution in [1.82, 2.24) is 0 Å². The second kappa shape index (κ2) is 7.11. The van der Waals surface area contributed by atoms with Crippen LogP contribution in [0.4, 0.5) is 0 Å². The standard InChI is InChI=1S/C19H15O2P/c22-14-15-8-7-13-18(20-16-9-3-1-4-10-16)19(15)21-17-11-5-2-6-12-17/h1-13H,22H2. The van der Waals surface area contributed by atoms with E-state index in [-0.39, 0.29) is 0 Å². The zero-order valence-electron chi connectivity index (χ0n) is 11.9. The normalized spacial score (nSPS) is 10.2. The first-order chi connectivity index (χ1) is 10.9. The number of hydrogen-bond donors (Lipinski definition) is 0. The maximum Gasteiger partial charge on any atom is 0.174 e. The zero-order chi connectivity index (χ0) is 15.2. The number of ether oxygens (including phenoxy) is 2. The first kappa shape index (κ1) is 14.6. The van der Waals surface area contributed by atoms with Crippen LogP contribution in [-0.4, -0.2) is 0 Å². The molecule has 0 aliphatic heterocycles. The molecular weight excluding hydrogens is 291 g/mol. The van der Waals surface area contributed by atoms with Crippen LogP contribution >= 0.6 is 9.24 Å². The van der Waals surface area contributed by atoms with Crippen LogP contribution in [0.3, 0.4) is 0 Å². The molecule has 0 fully saturated rings. The molecule has 0 aliphatic carbocycles. The van der Waals surface area contributed by atoms with Crippen molar-refractivity contribution in [2.75, 3.05) is 0 Å². The van der Waals surface area contributed by atoms with E-state index in [2.05, 4.69) is 15.4 Å². The van der Waals surface area contributed by atoms with Crippen molar-refractivity contribution < 1.29 is 9.47 Å². The summed E-state index contributed by atoms with van der Waals surface area (Å²) < 4.78 is 12.0. The van der Waals surface area contributed by atoms with Gasteiger partial charge in [0, 0.05) is 11.7 Å². The van der Waals surface area contributed by atoms with E-state index < -0.39 is 0 Å². The minimum Gasteiger partial charge on any atom is -0.453 e. The third-order valence-corrected chi connectivity index (χ3v) is 3.38. The predicted octanol–water partition coefficient (Wildman–Crippen LogP) is 5.53. The van der Waals surface area contributed by atoms with E-state index in [9.17, 15) is 0 Å². The minimum atomic E-state index is 0.646. The van der Waals surface area contributed by atoms with Crippen LogP contribution < -0.4 is 9.47 Å². The highest BCUT2D eigenvalue weighted by molar-refractivity contribution is 7.19. The van der Waals surface area contributed by atoms with Crippen molar-refractivity contribution >= 4 is 9.24 Å². The molecule has 0 saturated heterocycles. The molecule has 3 rings (SSSR count). The maximum absolute atomic E-state index is 6.00. The van der Waals surface area contributed by atoms with Crippen LogP contribution in [0.2, 0.25) is 0 Å². The Kier molecular flexibility index (Phi) is 4.72. The highest BCUT2D eigenvalue weighted by atomic mass is 31.0. The number of para-hydroxylation sites is 3. The molecule has 3 heteroatoms. The molecule has 0 spiro atoms. The molecule has 1 unspecified atom stereocenters. The second-order valence-electron chi connectivity index (χ2n) is 4.61. The van der Waals surface area contributed by atoms with E-state index in [0.717, 1.165) is 17.1 Å². The van der Waals surface area contributed by atoms with Crippen LogP contribution in [0.15, 0.2) is 78.9 Å². The van der Waals surface area contributed by atoms with Gasteiger partial charge in [-0.2, -0.15) is 0 Å². The molecule has 0 aliphatic rings. The molecule has 0 saturated carbocycles. The Morgan fingerprint density at radius 3 is 1.82 bits per heavy atom. The van der Waals surface area contributed by atoms with Crippen LogP contribution in [0, 0.1) is 6.16 Å². The largest absolute Gasteiger partial charge is 0.453 e. The van der Waals surface area contributed by atoms with E-state index in [0.29, 0.717) is 11.5 Å². The lowest BCUT2D eigenvalue weighted by atomic mass is 10.2. The van der Waals surface area contributed by atoms with E-state index in [1.807, 2.05) is 78.9 Å². The van der Waals surface area contributed by atoms with Gasteiger partial charge in [0.2, 0.25) is 0 Å². The maximum atomic E-state index is 6.00. The van der Waals surface area contributed by atoms with E-state index in [1.54, 1.807) is 0 Å². The Labute approximate surface area is 132 Å². The lowest BCUT2D eigenvalue weighted by molar-refractivity contribution is 0.417. The van der Waals surface area contributed by atoms with E-state index >= 15 is 0 Å². The summed E-state index contributed by atoms with van der Waals surface area (Å²) >= 11 is 0. The summed E-state index contributed by atoms with van der Waals surface area (Å²) in [7, 11) is 2.48. The van der Waals surface area contributed by atoms with E-state index in [1.165, 1.54) is 0 Å². The summed E-state index contributed by atoms with van der Waals surface area (Å²) in [5, 5.41) is 0. The van der Waals surface area contributed by atoms with Crippen LogP contribution in [-0.2, 0) is 0 Å². The first-order valence-electron chi connectivity index (χ1n) is 6.92. The molecule has 3 aromatic rings. The average molecular weight is 306 g/mol.